The molecule has 0 radical (unpaired) electrons. The summed E-state index contributed by atoms with van der Waals surface area (Å²) < 4.78 is 27.0. The van der Waals surface area contributed by atoms with Gasteiger partial charge in [0.1, 0.15) is 11.6 Å². The maximum absolute atomic E-state index is 15.4. The lowest BCUT2D eigenvalue weighted by Gasteiger charge is -2.55. The summed E-state index contributed by atoms with van der Waals surface area (Å²) in [6, 6.07) is 6.28. The Morgan fingerprint density at radius 2 is 1.92 bits per heavy atom. The number of hydrogen-bond acceptors (Lipinski definition) is 7. The van der Waals surface area contributed by atoms with Gasteiger partial charge in [-0.1, -0.05) is 44.2 Å². The van der Waals surface area contributed by atoms with Gasteiger partial charge >= 0.3 is 0 Å². The molecule has 6 rings (SSSR count). The zero-order valence-electron chi connectivity index (χ0n) is 22.0. The summed E-state index contributed by atoms with van der Waals surface area (Å²) >= 11 is 0.555. The number of aliphatic hydroxyl groups excluding tert-OH is 1. The summed E-state index contributed by atoms with van der Waals surface area (Å²) in [7, 11) is 3.12. The minimum Gasteiger partial charge on any atom is -0.458 e. The molecule has 0 aromatic heterocycles. The minimum absolute atomic E-state index is 0.0237. The fourth-order valence-electron chi connectivity index (χ4n) is 6.56. The van der Waals surface area contributed by atoms with E-state index in [0.717, 1.165) is 0 Å². The third kappa shape index (κ3) is 3.49. The molecule has 0 saturated heterocycles. The highest BCUT2D eigenvalue weighted by atomic mass is 32.2. The fourth-order valence-corrected chi connectivity index (χ4v) is 7.45. The van der Waals surface area contributed by atoms with E-state index in [-0.39, 0.29) is 36.9 Å². The summed E-state index contributed by atoms with van der Waals surface area (Å²) in [6.45, 7) is 3.64. The molecule has 5 aliphatic rings. The van der Waals surface area contributed by atoms with Gasteiger partial charge in [0.25, 0.3) is 5.24 Å². The predicted molar refractivity (Wildman–Crippen MR) is 143 cm³/mol. The number of ketones is 1. The molecular formula is C30H28FNO6S. The molecule has 0 bridgehead atoms. The lowest BCUT2D eigenvalue weighted by molar-refractivity contribution is -0.123. The molecule has 1 N–H and O–H groups in total. The van der Waals surface area contributed by atoms with E-state index in [1.807, 2.05) is 6.92 Å². The number of hydrogen-bond donors (Lipinski definition) is 1. The second-order valence-electron chi connectivity index (χ2n) is 11.1. The van der Waals surface area contributed by atoms with Crippen LogP contribution in [0.25, 0.3) is 5.57 Å². The topological polar surface area (TPSA) is 93.1 Å². The van der Waals surface area contributed by atoms with Gasteiger partial charge in [0.05, 0.1) is 11.5 Å². The van der Waals surface area contributed by atoms with Gasteiger partial charge in [0.15, 0.2) is 11.5 Å². The Labute approximate surface area is 229 Å². The van der Waals surface area contributed by atoms with Crippen molar-refractivity contribution in [3.63, 3.8) is 0 Å². The van der Waals surface area contributed by atoms with E-state index in [1.54, 1.807) is 51.4 Å². The summed E-state index contributed by atoms with van der Waals surface area (Å²) in [5, 5.41) is 10.1. The number of nitrogens with zero attached hydrogens (tertiary/aromatic N) is 1. The Hall–Kier alpha value is -3.43. The standard InChI is InChI=1S/C30H28FNO6S/c1-15-9-20-22(33)11-19-17-10-24-26(38-14-37-24)25(17)18(16-7-5-6-8-21(16)31)12-30(19,29(20,2)13-23(15)34)27(35)39-28(36)32(3)4/h5-9,11-12,15,23,34H,10,13-14H2,1-4H3/t15-,23-,29-,30-/m0/s1. The number of carbonyl (C=O) groups is 3. The molecule has 0 spiro atoms. The average Bonchev–Trinajstić information content (AvgIpc) is 3.48. The third-order valence-electron chi connectivity index (χ3n) is 8.63. The number of carbonyl (C=O) groups excluding carboxylic acids is 3. The van der Waals surface area contributed by atoms with Crippen molar-refractivity contribution in [2.24, 2.45) is 16.7 Å². The molecule has 7 nitrogen and oxygen atoms in total. The number of halogens is 1. The first kappa shape index (κ1) is 25.8. The van der Waals surface area contributed by atoms with Crippen LogP contribution in [0.3, 0.4) is 0 Å². The van der Waals surface area contributed by atoms with Gasteiger partial charge in [-0.05, 0) is 35.3 Å². The van der Waals surface area contributed by atoms with Gasteiger partial charge in [0.2, 0.25) is 11.9 Å². The van der Waals surface area contributed by atoms with Crippen molar-refractivity contribution in [2.45, 2.75) is 32.8 Å². The molecule has 1 heterocycles. The molecular weight excluding hydrogens is 521 g/mol. The van der Waals surface area contributed by atoms with Crippen molar-refractivity contribution in [2.75, 3.05) is 20.9 Å². The molecule has 0 unspecified atom stereocenters. The SMILES string of the molecule is C[C@H]1C=C2C(=O)C=C3C4=C(C(c5ccccc5F)=C[C@]3(C(=O)SC(=O)N(C)C)[C@@]2(C)C[C@@H]1O)C1=C(C4)OCO1. The Balaban J connectivity index is 1.69. The highest BCUT2D eigenvalue weighted by Crippen LogP contribution is 2.67. The van der Waals surface area contributed by atoms with Crippen LogP contribution in [0.15, 0.2) is 76.3 Å². The van der Waals surface area contributed by atoms with Gasteiger partial charge in [-0.3, -0.25) is 14.4 Å². The van der Waals surface area contributed by atoms with Crippen molar-refractivity contribution in [3.8, 4) is 0 Å². The molecule has 4 atom stereocenters. The number of fused-ring (bicyclic) bond motifs is 5. The zero-order valence-corrected chi connectivity index (χ0v) is 22.9. The van der Waals surface area contributed by atoms with Crippen molar-refractivity contribution in [1.29, 1.82) is 0 Å². The van der Waals surface area contributed by atoms with Gasteiger partial charge < -0.3 is 19.5 Å². The number of aliphatic hydroxyl groups is 1. The van der Waals surface area contributed by atoms with Crippen LogP contribution in [0.5, 0.6) is 0 Å². The van der Waals surface area contributed by atoms with Crippen LogP contribution in [0.1, 0.15) is 32.3 Å². The maximum Gasteiger partial charge on any atom is 0.288 e. The molecule has 1 aromatic carbocycles. The lowest BCUT2D eigenvalue weighted by Crippen LogP contribution is -2.55. The van der Waals surface area contributed by atoms with Gasteiger partial charge in [-0.2, -0.15) is 0 Å². The van der Waals surface area contributed by atoms with Gasteiger partial charge in [0, 0.05) is 60.3 Å². The molecule has 0 saturated carbocycles. The molecule has 1 amide bonds. The van der Waals surface area contributed by atoms with Crippen molar-refractivity contribution in [1.82, 2.24) is 4.90 Å². The Morgan fingerprint density at radius 3 is 2.64 bits per heavy atom. The summed E-state index contributed by atoms with van der Waals surface area (Å²) in [6.07, 6.45) is 4.44. The highest BCUT2D eigenvalue weighted by molar-refractivity contribution is 8.26. The van der Waals surface area contributed by atoms with Gasteiger partial charge in [-0.25, -0.2) is 4.39 Å². The Bertz CT molecular complexity index is 1520. The van der Waals surface area contributed by atoms with Crippen LogP contribution in [0, 0.1) is 22.6 Å². The summed E-state index contributed by atoms with van der Waals surface area (Å²) in [5.74, 6) is -0.0143. The fraction of sp³-hybridized carbons (Fsp3) is 0.367. The van der Waals surface area contributed by atoms with Crippen LogP contribution in [-0.4, -0.2) is 53.1 Å². The smallest absolute Gasteiger partial charge is 0.288 e. The van der Waals surface area contributed by atoms with Crippen LogP contribution in [-0.2, 0) is 19.1 Å². The monoisotopic (exact) mass is 549 g/mol. The number of thioether (sulfide) groups is 1. The van der Waals surface area contributed by atoms with Crippen molar-refractivity contribution < 1.29 is 33.4 Å². The summed E-state index contributed by atoms with van der Waals surface area (Å²) in [5.41, 5.74) is 0.00331. The number of benzene rings is 1. The second kappa shape index (κ2) is 8.79. The van der Waals surface area contributed by atoms with E-state index >= 15 is 4.39 Å². The molecule has 202 valence electrons. The Morgan fingerprint density at radius 1 is 1.18 bits per heavy atom. The van der Waals surface area contributed by atoms with E-state index in [1.165, 1.54) is 17.0 Å². The molecule has 4 aliphatic carbocycles. The quantitative estimate of drug-likeness (QED) is 0.560. The van der Waals surface area contributed by atoms with Crippen molar-refractivity contribution >= 4 is 33.5 Å². The van der Waals surface area contributed by atoms with Crippen LogP contribution >= 0.6 is 11.8 Å². The van der Waals surface area contributed by atoms with Crippen molar-refractivity contribution in [3.05, 3.63) is 87.7 Å². The maximum atomic E-state index is 15.4. The predicted octanol–water partition coefficient (Wildman–Crippen LogP) is 4.91. The molecule has 9 heteroatoms. The van der Waals surface area contributed by atoms with E-state index in [2.05, 4.69) is 0 Å². The molecule has 1 aromatic rings. The Kier molecular flexibility index (Phi) is 5.82. The molecule has 1 aliphatic heterocycles. The number of ether oxygens (including phenoxy) is 2. The molecule has 39 heavy (non-hydrogen) atoms. The van der Waals surface area contributed by atoms with Gasteiger partial charge in [-0.15, -0.1) is 0 Å². The van der Waals surface area contributed by atoms with E-state index in [4.69, 9.17) is 9.47 Å². The normalized spacial score (nSPS) is 30.7. The van der Waals surface area contributed by atoms with E-state index in [0.29, 0.717) is 51.1 Å². The van der Waals surface area contributed by atoms with Crippen LogP contribution in [0.2, 0.25) is 0 Å². The average molecular weight is 550 g/mol. The third-order valence-corrected chi connectivity index (χ3v) is 9.67. The molecule has 0 fully saturated rings. The van der Waals surface area contributed by atoms with E-state index in [9.17, 15) is 19.5 Å². The number of allylic oxidation sites excluding steroid dienone is 6. The largest absolute Gasteiger partial charge is 0.458 e. The number of amides is 1. The second-order valence-corrected chi connectivity index (χ2v) is 12.0. The number of rotatable bonds is 2. The summed E-state index contributed by atoms with van der Waals surface area (Å²) in [4.78, 5) is 42.4. The lowest BCUT2D eigenvalue weighted by atomic mass is 9.47. The van der Waals surface area contributed by atoms with Crippen LogP contribution < -0.4 is 0 Å². The zero-order chi connectivity index (χ0) is 27.9. The first-order valence-corrected chi connectivity index (χ1v) is 13.6. The first-order valence-electron chi connectivity index (χ1n) is 12.8. The highest BCUT2D eigenvalue weighted by Gasteiger charge is 2.64. The minimum atomic E-state index is -1.56. The van der Waals surface area contributed by atoms with E-state index < -0.39 is 33.1 Å². The van der Waals surface area contributed by atoms with Crippen LogP contribution in [0.4, 0.5) is 9.18 Å². The first-order chi connectivity index (χ1) is 18.5.